The van der Waals surface area contributed by atoms with Gasteiger partial charge in [0.1, 0.15) is 12.6 Å². The van der Waals surface area contributed by atoms with Crippen molar-refractivity contribution < 1.29 is 24.2 Å². The molecular formula is C8H12N2O5. The lowest BCUT2D eigenvalue weighted by atomic mass is 10.1. The van der Waals surface area contributed by atoms with Crippen LogP contribution in [0.1, 0.15) is 6.42 Å². The Hall–Kier alpha value is -1.73. The Morgan fingerprint density at radius 2 is 2.13 bits per heavy atom. The molecule has 0 aliphatic heterocycles. The number of ketones is 1. The summed E-state index contributed by atoms with van der Waals surface area (Å²) < 4.78 is 4.42. The fourth-order valence-corrected chi connectivity index (χ4v) is 0.750. The topological polar surface area (TPSA) is 119 Å². The normalized spacial score (nSPS) is 11.5. The molecule has 1 atom stereocenters. The average molecular weight is 216 g/mol. The van der Waals surface area contributed by atoms with Crippen molar-refractivity contribution in [3.8, 4) is 0 Å². The summed E-state index contributed by atoms with van der Waals surface area (Å²) in [6.45, 7) is 3.17. The first-order valence-electron chi connectivity index (χ1n) is 4.02. The first-order chi connectivity index (χ1) is 7.02. The molecule has 0 aliphatic rings. The molecule has 0 bridgehead atoms. The summed E-state index contributed by atoms with van der Waals surface area (Å²) in [5.41, 5.74) is 1.93. The maximum Gasteiger partial charge on any atom is 0.376 e. The van der Waals surface area contributed by atoms with Gasteiger partial charge in [-0.05, 0) is 0 Å². The second kappa shape index (κ2) is 6.68. The summed E-state index contributed by atoms with van der Waals surface area (Å²) in [5.74, 6) is 1.51. The number of carboxylic acids is 1. The van der Waals surface area contributed by atoms with Crippen LogP contribution < -0.4 is 11.3 Å². The summed E-state index contributed by atoms with van der Waals surface area (Å²) in [4.78, 5) is 32.5. The molecule has 0 saturated heterocycles. The quantitative estimate of drug-likeness (QED) is 0.157. The number of nitrogens with one attached hydrogen (secondary N) is 1. The number of rotatable bonds is 7. The zero-order chi connectivity index (χ0) is 11.8. The predicted octanol–water partition coefficient (Wildman–Crippen LogP) is -1.41. The molecule has 0 aromatic carbocycles. The van der Waals surface area contributed by atoms with Crippen molar-refractivity contribution in [2.75, 3.05) is 6.61 Å². The molecule has 0 aliphatic carbocycles. The number of hydrazine groups is 1. The van der Waals surface area contributed by atoms with Gasteiger partial charge in [-0.1, -0.05) is 12.7 Å². The van der Waals surface area contributed by atoms with E-state index < -0.39 is 30.2 Å². The number of carbonyl (C=O) groups excluding carboxylic acids is 2. The van der Waals surface area contributed by atoms with Crippen LogP contribution in [0.15, 0.2) is 12.7 Å². The van der Waals surface area contributed by atoms with Gasteiger partial charge in [0.2, 0.25) is 0 Å². The lowest BCUT2D eigenvalue weighted by Crippen LogP contribution is -2.46. The second-order valence-corrected chi connectivity index (χ2v) is 2.57. The third kappa shape index (κ3) is 4.89. The van der Waals surface area contributed by atoms with Crippen molar-refractivity contribution in [2.45, 2.75) is 12.5 Å². The number of hydrogen-bond acceptors (Lipinski definition) is 6. The molecule has 0 radical (unpaired) electrons. The highest BCUT2D eigenvalue weighted by Gasteiger charge is 2.27. The molecule has 7 nitrogen and oxygen atoms in total. The van der Waals surface area contributed by atoms with Crippen LogP contribution in [0.3, 0.4) is 0 Å². The largest absolute Gasteiger partial charge is 0.481 e. The van der Waals surface area contributed by atoms with E-state index in [9.17, 15) is 14.4 Å². The predicted molar refractivity (Wildman–Crippen MR) is 49.5 cm³/mol. The van der Waals surface area contributed by atoms with Gasteiger partial charge in [0.25, 0.3) is 5.78 Å². The van der Waals surface area contributed by atoms with Crippen molar-refractivity contribution >= 4 is 17.7 Å². The SMILES string of the molecule is C=CCOC(=O)C(=O)[C@H](CC(=O)O)NN. The average Bonchev–Trinajstić information content (AvgIpc) is 2.21. The van der Waals surface area contributed by atoms with E-state index in [1.54, 1.807) is 0 Å². The monoisotopic (exact) mass is 216 g/mol. The molecule has 84 valence electrons. The van der Waals surface area contributed by atoms with Gasteiger partial charge < -0.3 is 9.84 Å². The Morgan fingerprint density at radius 3 is 2.53 bits per heavy atom. The van der Waals surface area contributed by atoms with Gasteiger partial charge in [0.15, 0.2) is 0 Å². The Morgan fingerprint density at radius 1 is 1.53 bits per heavy atom. The summed E-state index contributed by atoms with van der Waals surface area (Å²) >= 11 is 0. The van der Waals surface area contributed by atoms with E-state index in [4.69, 9.17) is 10.9 Å². The fraction of sp³-hybridized carbons (Fsp3) is 0.375. The number of esters is 1. The van der Waals surface area contributed by atoms with Gasteiger partial charge in [-0.25, -0.2) is 10.2 Å². The van der Waals surface area contributed by atoms with Gasteiger partial charge >= 0.3 is 11.9 Å². The molecule has 0 saturated carbocycles. The summed E-state index contributed by atoms with van der Waals surface area (Å²) in [5, 5.41) is 8.41. The first kappa shape index (κ1) is 13.3. The van der Waals surface area contributed by atoms with Crippen molar-refractivity contribution in [3.63, 3.8) is 0 Å². The Balaban J connectivity index is 4.30. The minimum Gasteiger partial charge on any atom is -0.481 e. The summed E-state index contributed by atoms with van der Waals surface area (Å²) in [7, 11) is 0. The van der Waals surface area contributed by atoms with Crippen LogP contribution in [0.25, 0.3) is 0 Å². The maximum atomic E-state index is 11.2. The second-order valence-electron chi connectivity index (χ2n) is 2.57. The van der Waals surface area contributed by atoms with E-state index in [0.29, 0.717) is 0 Å². The third-order valence-corrected chi connectivity index (χ3v) is 1.43. The molecule has 0 aromatic heterocycles. The van der Waals surface area contributed by atoms with Crippen LogP contribution in [0.4, 0.5) is 0 Å². The highest BCUT2D eigenvalue weighted by molar-refractivity contribution is 6.36. The standard InChI is InChI=1S/C8H12N2O5/c1-2-3-15-8(14)7(13)5(10-9)4-6(11)12/h2,5,10H,1,3-4,9H2,(H,11,12)/t5-/m0/s1. The zero-order valence-electron chi connectivity index (χ0n) is 7.93. The minimum atomic E-state index is -1.28. The highest BCUT2D eigenvalue weighted by atomic mass is 16.5. The molecule has 15 heavy (non-hydrogen) atoms. The van der Waals surface area contributed by atoms with E-state index >= 15 is 0 Å². The van der Waals surface area contributed by atoms with Crippen molar-refractivity contribution in [2.24, 2.45) is 5.84 Å². The zero-order valence-corrected chi connectivity index (χ0v) is 7.93. The molecule has 0 aromatic rings. The Kier molecular flexibility index (Phi) is 5.91. The van der Waals surface area contributed by atoms with Gasteiger partial charge in [-0.15, -0.1) is 0 Å². The molecule has 0 unspecified atom stereocenters. The minimum absolute atomic E-state index is 0.116. The van der Waals surface area contributed by atoms with Crippen LogP contribution in [-0.2, 0) is 19.1 Å². The number of carbonyl (C=O) groups is 3. The number of nitrogens with two attached hydrogens (primary N) is 1. The van der Waals surface area contributed by atoms with Gasteiger partial charge in [0.05, 0.1) is 6.42 Å². The van der Waals surface area contributed by atoms with Crippen LogP contribution in [0.2, 0.25) is 0 Å². The van der Waals surface area contributed by atoms with Crippen LogP contribution >= 0.6 is 0 Å². The summed E-state index contributed by atoms with van der Waals surface area (Å²) in [6.07, 6.45) is 0.700. The van der Waals surface area contributed by atoms with E-state index in [0.717, 1.165) is 0 Å². The molecule has 7 heteroatoms. The van der Waals surface area contributed by atoms with Gasteiger partial charge in [-0.2, -0.15) is 0 Å². The lowest BCUT2D eigenvalue weighted by molar-refractivity contribution is -0.154. The van der Waals surface area contributed by atoms with Gasteiger partial charge in [-0.3, -0.25) is 15.4 Å². The van der Waals surface area contributed by atoms with Crippen LogP contribution in [-0.4, -0.2) is 35.5 Å². The van der Waals surface area contributed by atoms with Crippen molar-refractivity contribution in [1.29, 1.82) is 0 Å². The summed E-state index contributed by atoms with van der Waals surface area (Å²) in [6, 6.07) is -1.28. The smallest absolute Gasteiger partial charge is 0.376 e. The van der Waals surface area contributed by atoms with E-state index in [1.165, 1.54) is 6.08 Å². The maximum absolute atomic E-state index is 11.2. The molecular weight excluding hydrogens is 204 g/mol. The lowest BCUT2D eigenvalue weighted by Gasteiger charge is -2.10. The molecule has 0 fully saturated rings. The molecule has 0 spiro atoms. The Labute approximate surface area is 85.9 Å². The van der Waals surface area contributed by atoms with E-state index in [-0.39, 0.29) is 6.61 Å². The molecule has 0 heterocycles. The Bertz CT molecular complexity index is 276. The number of ether oxygens (including phenoxy) is 1. The fourth-order valence-electron chi connectivity index (χ4n) is 0.750. The van der Waals surface area contributed by atoms with Crippen LogP contribution in [0, 0.1) is 0 Å². The molecule has 0 rings (SSSR count). The number of Topliss-reactive ketones (excluding diaryl/α,β-unsaturated/α-hetero) is 1. The van der Waals surface area contributed by atoms with Crippen molar-refractivity contribution in [1.82, 2.24) is 5.43 Å². The van der Waals surface area contributed by atoms with E-state index in [1.807, 2.05) is 5.43 Å². The number of hydrogen-bond donors (Lipinski definition) is 3. The molecule has 0 amide bonds. The van der Waals surface area contributed by atoms with Crippen molar-refractivity contribution in [3.05, 3.63) is 12.7 Å². The van der Waals surface area contributed by atoms with Gasteiger partial charge in [0, 0.05) is 0 Å². The van der Waals surface area contributed by atoms with Crippen LogP contribution in [0.5, 0.6) is 0 Å². The molecule has 4 N–H and O–H groups in total. The number of carboxylic acid groups (broad SMARTS) is 1. The van der Waals surface area contributed by atoms with E-state index in [2.05, 4.69) is 11.3 Å². The highest BCUT2D eigenvalue weighted by Crippen LogP contribution is 1.95. The number of aliphatic carboxylic acids is 1. The first-order valence-corrected chi connectivity index (χ1v) is 4.02. The third-order valence-electron chi connectivity index (χ3n) is 1.43.